The van der Waals surface area contributed by atoms with E-state index in [-0.39, 0.29) is 12.5 Å². The van der Waals surface area contributed by atoms with Crippen molar-refractivity contribution in [2.75, 3.05) is 18.9 Å². The molecule has 1 amide bonds. The number of halogens is 1. The van der Waals surface area contributed by atoms with Gasteiger partial charge in [-0.05, 0) is 45.5 Å². The predicted molar refractivity (Wildman–Crippen MR) is 79.2 cm³/mol. The maximum atomic E-state index is 12.0. The van der Waals surface area contributed by atoms with E-state index in [0.717, 1.165) is 5.56 Å². The highest BCUT2D eigenvalue weighted by Gasteiger charge is 2.33. The van der Waals surface area contributed by atoms with Gasteiger partial charge in [-0.15, -0.1) is 0 Å². The van der Waals surface area contributed by atoms with Gasteiger partial charge in [0, 0.05) is 10.7 Å². The van der Waals surface area contributed by atoms with Crippen LogP contribution >= 0.6 is 11.6 Å². The van der Waals surface area contributed by atoms with E-state index in [4.69, 9.17) is 16.7 Å². The van der Waals surface area contributed by atoms with Crippen LogP contribution in [0, 0.1) is 6.92 Å². The SMILES string of the molecule is Cc1c(Cl)cccc1NC(=O)CN(C)C(C)(C)C(=O)O. The number of benzene rings is 1. The summed E-state index contributed by atoms with van der Waals surface area (Å²) in [7, 11) is 1.60. The molecule has 1 aromatic rings. The third-order valence-corrected chi connectivity index (χ3v) is 3.81. The number of anilines is 1. The van der Waals surface area contributed by atoms with Crippen molar-refractivity contribution in [2.24, 2.45) is 0 Å². The van der Waals surface area contributed by atoms with Crippen LogP contribution in [0.5, 0.6) is 0 Å². The second-order valence-electron chi connectivity index (χ2n) is 5.18. The van der Waals surface area contributed by atoms with Gasteiger partial charge in [-0.2, -0.15) is 0 Å². The average molecular weight is 299 g/mol. The first-order valence-electron chi connectivity index (χ1n) is 6.16. The van der Waals surface area contributed by atoms with Crippen LogP contribution in [-0.4, -0.2) is 41.0 Å². The first-order valence-corrected chi connectivity index (χ1v) is 6.53. The van der Waals surface area contributed by atoms with Crippen LogP contribution in [0.4, 0.5) is 5.69 Å². The zero-order valence-corrected chi connectivity index (χ0v) is 12.8. The summed E-state index contributed by atoms with van der Waals surface area (Å²) >= 11 is 5.98. The van der Waals surface area contributed by atoms with Crippen molar-refractivity contribution in [1.29, 1.82) is 0 Å². The van der Waals surface area contributed by atoms with Crippen LogP contribution in [0.25, 0.3) is 0 Å². The molecular weight excluding hydrogens is 280 g/mol. The fourth-order valence-corrected chi connectivity index (χ4v) is 1.68. The number of carboxylic acids is 1. The number of hydrogen-bond acceptors (Lipinski definition) is 3. The molecule has 0 aliphatic carbocycles. The first kappa shape index (κ1) is 16.5. The molecule has 5 nitrogen and oxygen atoms in total. The van der Waals surface area contributed by atoms with Crippen molar-refractivity contribution in [2.45, 2.75) is 26.3 Å². The highest BCUT2D eigenvalue weighted by atomic mass is 35.5. The van der Waals surface area contributed by atoms with Crippen LogP contribution in [-0.2, 0) is 9.59 Å². The van der Waals surface area contributed by atoms with E-state index in [1.807, 2.05) is 6.92 Å². The Hall–Kier alpha value is -1.59. The van der Waals surface area contributed by atoms with E-state index in [0.29, 0.717) is 10.7 Å². The zero-order chi connectivity index (χ0) is 15.5. The van der Waals surface area contributed by atoms with Crippen LogP contribution in [0.1, 0.15) is 19.4 Å². The number of nitrogens with one attached hydrogen (secondary N) is 1. The number of likely N-dealkylation sites (N-methyl/N-ethyl adjacent to an activating group) is 1. The normalized spacial score (nSPS) is 11.5. The maximum absolute atomic E-state index is 12.0. The van der Waals surface area contributed by atoms with Gasteiger partial charge in [-0.3, -0.25) is 14.5 Å². The fourth-order valence-electron chi connectivity index (χ4n) is 1.51. The zero-order valence-electron chi connectivity index (χ0n) is 12.0. The van der Waals surface area contributed by atoms with Gasteiger partial charge < -0.3 is 10.4 Å². The van der Waals surface area contributed by atoms with Gasteiger partial charge in [0.2, 0.25) is 5.91 Å². The highest BCUT2D eigenvalue weighted by molar-refractivity contribution is 6.31. The molecule has 0 fully saturated rings. The number of carbonyl (C=O) groups excluding carboxylic acids is 1. The predicted octanol–water partition coefficient (Wildman–Crippen LogP) is 2.38. The molecule has 0 heterocycles. The number of nitrogens with zero attached hydrogens (tertiary/aromatic N) is 1. The number of hydrogen-bond donors (Lipinski definition) is 2. The summed E-state index contributed by atoms with van der Waals surface area (Å²) in [6.07, 6.45) is 0. The Labute approximate surface area is 123 Å². The van der Waals surface area contributed by atoms with Gasteiger partial charge in [0.1, 0.15) is 5.54 Å². The van der Waals surface area contributed by atoms with Gasteiger partial charge >= 0.3 is 5.97 Å². The fraction of sp³-hybridized carbons (Fsp3) is 0.429. The Morgan fingerprint density at radius 2 is 2.00 bits per heavy atom. The molecule has 0 aliphatic rings. The summed E-state index contributed by atoms with van der Waals surface area (Å²) in [5, 5.41) is 12.4. The van der Waals surface area contributed by atoms with Gasteiger partial charge in [0.05, 0.1) is 6.54 Å². The van der Waals surface area contributed by atoms with Crippen molar-refractivity contribution >= 4 is 29.2 Å². The summed E-state index contributed by atoms with van der Waals surface area (Å²) in [4.78, 5) is 24.6. The van der Waals surface area contributed by atoms with E-state index in [1.54, 1.807) is 39.1 Å². The Kier molecular flexibility index (Phi) is 5.14. The molecule has 6 heteroatoms. The first-order chi connectivity index (χ1) is 9.16. The minimum atomic E-state index is -1.11. The number of aliphatic carboxylic acids is 1. The number of amides is 1. The summed E-state index contributed by atoms with van der Waals surface area (Å²) < 4.78 is 0. The van der Waals surface area contributed by atoms with E-state index in [1.165, 1.54) is 4.90 Å². The minimum Gasteiger partial charge on any atom is -0.480 e. The molecule has 1 rings (SSSR count). The van der Waals surface area contributed by atoms with Gasteiger partial charge in [0.15, 0.2) is 0 Å². The summed E-state index contributed by atoms with van der Waals surface area (Å²) in [6.45, 7) is 4.88. The lowest BCUT2D eigenvalue weighted by Crippen LogP contribution is -2.50. The average Bonchev–Trinajstić information content (AvgIpc) is 2.34. The molecule has 0 saturated heterocycles. The largest absolute Gasteiger partial charge is 0.480 e. The molecule has 110 valence electrons. The molecule has 1 aromatic carbocycles. The smallest absolute Gasteiger partial charge is 0.323 e. The van der Waals surface area contributed by atoms with Crippen LogP contribution in [0.2, 0.25) is 5.02 Å². The molecule has 0 unspecified atom stereocenters. The number of carbonyl (C=O) groups is 2. The summed E-state index contributed by atoms with van der Waals surface area (Å²) in [6, 6.07) is 5.24. The second-order valence-corrected chi connectivity index (χ2v) is 5.59. The summed E-state index contributed by atoms with van der Waals surface area (Å²) in [5.74, 6) is -1.26. The second kappa shape index (κ2) is 6.24. The lowest BCUT2D eigenvalue weighted by atomic mass is 10.0. The Morgan fingerprint density at radius 3 is 2.55 bits per heavy atom. The Balaban J connectivity index is 2.74. The number of rotatable bonds is 5. The maximum Gasteiger partial charge on any atom is 0.323 e. The highest BCUT2D eigenvalue weighted by Crippen LogP contribution is 2.23. The number of carboxylic acid groups (broad SMARTS) is 1. The van der Waals surface area contributed by atoms with Gasteiger partial charge in [-0.1, -0.05) is 17.7 Å². The van der Waals surface area contributed by atoms with E-state index < -0.39 is 11.5 Å². The molecular formula is C14H19ClN2O3. The van der Waals surface area contributed by atoms with Crippen LogP contribution in [0.3, 0.4) is 0 Å². The Morgan fingerprint density at radius 1 is 1.40 bits per heavy atom. The minimum absolute atomic E-state index is 0.0226. The van der Waals surface area contributed by atoms with Crippen molar-refractivity contribution in [3.8, 4) is 0 Å². The van der Waals surface area contributed by atoms with E-state index >= 15 is 0 Å². The Bertz CT molecular complexity index is 529. The molecule has 0 bridgehead atoms. The molecule has 0 saturated carbocycles. The third-order valence-electron chi connectivity index (χ3n) is 3.40. The molecule has 0 aromatic heterocycles. The topological polar surface area (TPSA) is 69.6 Å². The molecule has 2 N–H and O–H groups in total. The molecule has 0 aliphatic heterocycles. The van der Waals surface area contributed by atoms with Gasteiger partial charge in [0.25, 0.3) is 0 Å². The standard InChI is InChI=1S/C14H19ClN2O3/c1-9-10(15)6-5-7-11(9)16-12(18)8-17(4)14(2,3)13(19)20/h5-7H,8H2,1-4H3,(H,16,18)(H,19,20). The van der Waals surface area contributed by atoms with Crippen molar-refractivity contribution in [3.05, 3.63) is 28.8 Å². The molecule has 0 radical (unpaired) electrons. The van der Waals surface area contributed by atoms with Crippen molar-refractivity contribution in [1.82, 2.24) is 4.90 Å². The third kappa shape index (κ3) is 3.71. The quantitative estimate of drug-likeness (QED) is 0.875. The van der Waals surface area contributed by atoms with E-state index in [2.05, 4.69) is 5.32 Å². The molecule has 0 atom stereocenters. The van der Waals surface area contributed by atoms with Crippen molar-refractivity contribution in [3.63, 3.8) is 0 Å². The summed E-state index contributed by atoms with van der Waals surface area (Å²) in [5.41, 5.74) is 0.299. The lowest BCUT2D eigenvalue weighted by molar-refractivity contribution is -0.148. The van der Waals surface area contributed by atoms with Crippen molar-refractivity contribution < 1.29 is 14.7 Å². The van der Waals surface area contributed by atoms with Crippen LogP contribution < -0.4 is 5.32 Å². The lowest BCUT2D eigenvalue weighted by Gasteiger charge is -2.30. The monoisotopic (exact) mass is 298 g/mol. The molecule has 20 heavy (non-hydrogen) atoms. The molecule has 0 spiro atoms. The van der Waals surface area contributed by atoms with Gasteiger partial charge in [-0.25, -0.2) is 0 Å². The van der Waals surface area contributed by atoms with Crippen LogP contribution in [0.15, 0.2) is 18.2 Å². The van der Waals surface area contributed by atoms with E-state index in [9.17, 15) is 9.59 Å².